The lowest BCUT2D eigenvalue weighted by atomic mass is 10.3. The molecule has 0 bridgehead atoms. The average Bonchev–Trinajstić information content (AvgIpc) is 2.94. The fourth-order valence-corrected chi connectivity index (χ4v) is 1.87. The largest absolute Gasteiger partial charge is 0.463 e. The summed E-state index contributed by atoms with van der Waals surface area (Å²) in [4.78, 5) is 0. The quantitative estimate of drug-likeness (QED) is 0.501. The summed E-state index contributed by atoms with van der Waals surface area (Å²) in [6.07, 6.45) is 1.58. The lowest BCUT2D eigenvalue weighted by Gasteiger charge is -2.08. The van der Waals surface area contributed by atoms with Gasteiger partial charge in [0.2, 0.25) is 0 Å². The van der Waals surface area contributed by atoms with Crippen LogP contribution in [0.25, 0.3) is 0 Å². The Kier molecular flexibility index (Phi) is 5.00. The molecule has 0 aliphatic heterocycles. The maximum absolute atomic E-state index is 5.92. The maximum atomic E-state index is 5.92. The van der Waals surface area contributed by atoms with Gasteiger partial charge in [0, 0.05) is 5.69 Å². The first kappa shape index (κ1) is 14.8. The van der Waals surface area contributed by atoms with E-state index in [0.29, 0.717) is 26.6 Å². The standard InChI is InChI=1S/C13H11Cl2N3OS/c1-8(12-3-2-6-19-12)17-18-13(20)16-9-4-5-10(14)11(15)7-9/h2-7H,1H3,(H2,16,18,20)/b17-8-. The normalized spacial score (nSPS) is 11.2. The molecular weight excluding hydrogens is 317 g/mol. The minimum Gasteiger partial charge on any atom is -0.463 e. The third kappa shape index (κ3) is 3.96. The van der Waals surface area contributed by atoms with Crippen molar-refractivity contribution in [3.05, 3.63) is 52.4 Å². The van der Waals surface area contributed by atoms with Gasteiger partial charge in [-0.3, -0.25) is 5.43 Å². The Hall–Kier alpha value is -1.56. The predicted molar refractivity (Wildman–Crippen MR) is 86.7 cm³/mol. The van der Waals surface area contributed by atoms with Crippen LogP contribution < -0.4 is 10.7 Å². The van der Waals surface area contributed by atoms with Gasteiger partial charge in [0.25, 0.3) is 0 Å². The van der Waals surface area contributed by atoms with E-state index in [-0.39, 0.29) is 0 Å². The van der Waals surface area contributed by atoms with Crippen LogP contribution in [0.15, 0.2) is 46.1 Å². The van der Waals surface area contributed by atoms with Crippen LogP contribution >= 0.6 is 35.4 Å². The molecule has 7 heteroatoms. The summed E-state index contributed by atoms with van der Waals surface area (Å²) in [5.41, 5.74) is 4.14. The van der Waals surface area contributed by atoms with E-state index >= 15 is 0 Å². The highest BCUT2D eigenvalue weighted by Gasteiger charge is 2.03. The number of hydrazone groups is 1. The molecule has 0 amide bonds. The van der Waals surface area contributed by atoms with E-state index in [1.54, 1.807) is 30.5 Å². The fourth-order valence-electron chi connectivity index (χ4n) is 1.41. The van der Waals surface area contributed by atoms with Crippen LogP contribution in [0.1, 0.15) is 12.7 Å². The third-order valence-electron chi connectivity index (χ3n) is 2.38. The number of anilines is 1. The molecule has 1 aromatic heterocycles. The van der Waals surface area contributed by atoms with Gasteiger partial charge >= 0.3 is 0 Å². The van der Waals surface area contributed by atoms with Crippen LogP contribution in [0, 0.1) is 0 Å². The summed E-state index contributed by atoms with van der Waals surface area (Å²) >= 11 is 16.9. The molecule has 1 aromatic carbocycles. The van der Waals surface area contributed by atoms with Crippen LogP contribution in [0.3, 0.4) is 0 Å². The van der Waals surface area contributed by atoms with Crippen molar-refractivity contribution in [1.82, 2.24) is 5.43 Å². The lowest BCUT2D eigenvalue weighted by Crippen LogP contribution is -2.24. The number of nitrogens with one attached hydrogen (secondary N) is 2. The molecule has 0 spiro atoms. The van der Waals surface area contributed by atoms with Crippen LogP contribution in [0.5, 0.6) is 0 Å². The molecule has 2 aromatic rings. The molecule has 0 aliphatic carbocycles. The third-order valence-corrected chi connectivity index (χ3v) is 3.31. The first-order valence-corrected chi connectivity index (χ1v) is 6.83. The summed E-state index contributed by atoms with van der Waals surface area (Å²) < 4.78 is 5.21. The van der Waals surface area contributed by atoms with Crippen molar-refractivity contribution in [2.45, 2.75) is 6.92 Å². The average molecular weight is 328 g/mol. The molecule has 0 saturated heterocycles. The van der Waals surface area contributed by atoms with Gasteiger partial charge in [-0.05, 0) is 49.5 Å². The van der Waals surface area contributed by atoms with E-state index in [0.717, 1.165) is 5.69 Å². The first-order valence-electron chi connectivity index (χ1n) is 5.66. The zero-order chi connectivity index (χ0) is 14.5. The molecule has 0 radical (unpaired) electrons. The molecule has 0 fully saturated rings. The molecule has 104 valence electrons. The van der Waals surface area contributed by atoms with Crippen molar-refractivity contribution >= 4 is 51.9 Å². The van der Waals surface area contributed by atoms with E-state index in [1.165, 1.54) is 0 Å². The number of benzene rings is 1. The zero-order valence-corrected chi connectivity index (χ0v) is 12.8. The predicted octanol–water partition coefficient (Wildman–Crippen LogP) is 4.30. The highest BCUT2D eigenvalue weighted by molar-refractivity contribution is 7.80. The molecule has 0 unspecified atom stereocenters. The highest BCUT2D eigenvalue weighted by atomic mass is 35.5. The summed E-state index contributed by atoms with van der Waals surface area (Å²) in [5, 5.41) is 8.35. The number of hydrogen-bond donors (Lipinski definition) is 2. The molecule has 0 aliphatic rings. The van der Waals surface area contributed by atoms with Crippen molar-refractivity contribution in [1.29, 1.82) is 0 Å². The number of rotatable bonds is 3. The fraction of sp³-hybridized carbons (Fsp3) is 0.0769. The first-order chi connectivity index (χ1) is 9.56. The highest BCUT2D eigenvalue weighted by Crippen LogP contribution is 2.24. The van der Waals surface area contributed by atoms with Crippen molar-refractivity contribution in [2.75, 3.05) is 5.32 Å². The summed E-state index contributed by atoms with van der Waals surface area (Å²) in [6, 6.07) is 8.75. The minimum absolute atomic E-state index is 0.342. The molecule has 20 heavy (non-hydrogen) atoms. The Morgan fingerprint density at radius 3 is 2.70 bits per heavy atom. The Labute approximate surface area is 131 Å². The number of hydrogen-bond acceptors (Lipinski definition) is 3. The van der Waals surface area contributed by atoms with E-state index in [9.17, 15) is 0 Å². The van der Waals surface area contributed by atoms with Gasteiger partial charge in [0.15, 0.2) is 5.11 Å². The minimum atomic E-state index is 0.342. The number of halogens is 2. The molecular formula is C13H11Cl2N3OS. The molecule has 2 N–H and O–H groups in total. The Bertz CT molecular complexity index is 641. The van der Waals surface area contributed by atoms with Gasteiger partial charge in [0.1, 0.15) is 11.5 Å². The van der Waals surface area contributed by atoms with E-state index in [4.69, 9.17) is 39.8 Å². The van der Waals surface area contributed by atoms with Gasteiger partial charge < -0.3 is 9.73 Å². The lowest BCUT2D eigenvalue weighted by molar-refractivity contribution is 0.556. The smallest absolute Gasteiger partial charge is 0.191 e. The van der Waals surface area contributed by atoms with Crippen molar-refractivity contribution in [3.63, 3.8) is 0 Å². The summed E-state index contributed by atoms with van der Waals surface area (Å²) in [7, 11) is 0. The second-order valence-corrected chi connectivity index (χ2v) is 5.09. The van der Waals surface area contributed by atoms with Gasteiger partial charge in [-0.15, -0.1) is 0 Å². The van der Waals surface area contributed by atoms with Crippen LogP contribution in [-0.4, -0.2) is 10.8 Å². The summed E-state index contributed by atoms with van der Waals surface area (Å²) in [5.74, 6) is 0.676. The Balaban J connectivity index is 1.95. The van der Waals surface area contributed by atoms with Crippen LogP contribution in [-0.2, 0) is 0 Å². The van der Waals surface area contributed by atoms with E-state index < -0.39 is 0 Å². The van der Waals surface area contributed by atoms with Gasteiger partial charge in [-0.2, -0.15) is 5.10 Å². The number of nitrogens with zero attached hydrogens (tertiary/aromatic N) is 1. The second kappa shape index (κ2) is 6.74. The summed E-state index contributed by atoms with van der Waals surface area (Å²) in [6.45, 7) is 1.81. The number of thiocarbonyl (C=S) groups is 1. The van der Waals surface area contributed by atoms with Crippen molar-refractivity contribution in [3.8, 4) is 0 Å². The second-order valence-electron chi connectivity index (χ2n) is 3.87. The van der Waals surface area contributed by atoms with Gasteiger partial charge in [0.05, 0.1) is 16.3 Å². The maximum Gasteiger partial charge on any atom is 0.191 e. The molecule has 1 heterocycles. The van der Waals surface area contributed by atoms with Crippen molar-refractivity contribution in [2.24, 2.45) is 5.10 Å². The molecule has 0 atom stereocenters. The van der Waals surface area contributed by atoms with Crippen LogP contribution in [0.4, 0.5) is 5.69 Å². The molecule has 4 nitrogen and oxygen atoms in total. The topological polar surface area (TPSA) is 49.6 Å². The SMILES string of the molecule is C/C(=N/NC(=S)Nc1ccc(Cl)c(Cl)c1)c1ccco1. The van der Waals surface area contributed by atoms with Crippen molar-refractivity contribution < 1.29 is 4.42 Å². The monoisotopic (exact) mass is 327 g/mol. The van der Waals surface area contributed by atoms with E-state index in [2.05, 4.69) is 15.8 Å². The van der Waals surface area contributed by atoms with E-state index in [1.807, 2.05) is 13.0 Å². The molecule has 0 saturated carbocycles. The zero-order valence-electron chi connectivity index (χ0n) is 10.5. The van der Waals surface area contributed by atoms with Gasteiger partial charge in [-0.1, -0.05) is 23.2 Å². The van der Waals surface area contributed by atoms with Gasteiger partial charge in [-0.25, -0.2) is 0 Å². The van der Waals surface area contributed by atoms with Crippen LogP contribution in [0.2, 0.25) is 10.0 Å². The number of furan rings is 1. The molecule has 2 rings (SSSR count). The Morgan fingerprint density at radius 1 is 1.25 bits per heavy atom. The Morgan fingerprint density at radius 2 is 2.05 bits per heavy atom.